The maximum absolute atomic E-state index is 13.0. The number of aliphatic hydroxyl groups excluding tert-OH is 1. The Morgan fingerprint density at radius 2 is 2.09 bits per heavy atom. The van der Waals surface area contributed by atoms with Crippen molar-refractivity contribution in [3.8, 4) is 0 Å². The summed E-state index contributed by atoms with van der Waals surface area (Å²) in [6.45, 7) is 2.01. The van der Waals surface area contributed by atoms with Crippen LogP contribution in [-0.4, -0.2) is 47.8 Å². The van der Waals surface area contributed by atoms with Gasteiger partial charge >= 0.3 is 6.18 Å². The Balaban J connectivity index is 1.50. The van der Waals surface area contributed by atoms with Gasteiger partial charge in [0, 0.05) is 24.6 Å². The van der Waals surface area contributed by atoms with E-state index < -0.39 is 23.8 Å². The van der Waals surface area contributed by atoms with Crippen LogP contribution >= 0.6 is 0 Å². The molecule has 0 bridgehead atoms. The van der Waals surface area contributed by atoms with Crippen molar-refractivity contribution >= 4 is 11.6 Å². The first-order chi connectivity index (χ1) is 15.2. The van der Waals surface area contributed by atoms with Crippen LogP contribution in [0.2, 0.25) is 0 Å². The average Bonchev–Trinajstić information content (AvgIpc) is 3.33. The Hall–Kier alpha value is -3.34. The van der Waals surface area contributed by atoms with Gasteiger partial charge in [-0.05, 0) is 42.5 Å². The standard InChI is InChI=1S/C21H21F3N6O2/c1-12-6-14(8-17(12)31)28-20-15(9-25-11-27-20)19(32)16-3-5-30(29-16)10-13-2-4-26-18(7-13)21(22,23)24/h2-5,7,9,11-12,14,17,31H,6,8,10H2,1H3,(H,25,27,28)/t12-,14-,17+/m1/s1. The number of carbonyl (C=O) groups is 1. The molecule has 0 aromatic carbocycles. The van der Waals surface area contributed by atoms with Crippen LogP contribution in [0.25, 0.3) is 0 Å². The predicted molar refractivity (Wildman–Crippen MR) is 108 cm³/mol. The number of nitrogens with zero attached hydrogens (tertiary/aromatic N) is 5. The zero-order valence-corrected chi connectivity index (χ0v) is 17.1. The molecule has 4 rings (SSSR count). The van der Waals surface area contributed by atoms with Crippen LogP contribution in [0.4, 0.5) is 19.0 Å². The molecule has 0 aliphatic heterocycles. The third-order valence-corrected chi connectivity index (χ3v) is 5.47. The molecule has 3 aromatic rings. The van der Waals surface area contributed by atoms with Gasteiger partial charge in [0.05, 0.1) is 18.2 Å². The molecule has 0 unspecified atom stereocenters. The third kappa shape index (κ3) is 4.77. The van der Waals surface area contributed by atoms with E-state index in [0.717, 1.165) is 18.7 Å². The van der Waals surface area contributed by atoms with E-state index in [1.807, 2.05) is 6.92 Å². The second-order valence-corrected chi connectivity index (χ2v) is 7.92. The molecule has 8 nitrogen and oxygen atoms in total. The molecule has 2 N–H and O–H groups in total. The van der Waals surface area contributed by atoms with Gasteiger partial charge in [-0.2, -0.15) is 18.3 Å². The van der Waals surface area contributed by atoms with Gasteiger partial charge in [0.25, 0.3) is 0 Å². The summed E-state index contributed by atoms with van der Waals surface area (Å²) in [5, 5.41) is 17.4. The van der Waals surface area contributed by atoms with Crippen molar-refractivity contribution in [1.29, 1.82) is 0 Å². The first kappa shape index (κ1) is 21.9. The van der Waals surface area contributed by atoms with Gasteiger partial charge in [-0.1, -0.05) is 6.92 Å². The number of pyridine rings is 1. The lowest BCUT2D eigenvalue weighted by molar-refractivity contribution is -0.141. The normalized spacial score (nSPS) is 21.0. The highest BCUT2D eigenvalue weighted by atomic mass is 19.4. The first-order valence-corrected chi connectivity index (χ1v) is 10.1. The van der Waals surface area contributed by atoms with Crippen molar-refractivity contribution in [1.82, 2.24) is 24.7 Å². The summed E-state index contributed by atoms with van der Waals surface area (Å²) in [6, 6.07) is 3.88. The summed E-state index contributed by atoms with van der Waals surface area (Å²) >= 11 is 0. The Bertz CT molecular complexity index is 1110. The molecule has 1 fully saturated rings. The highest BCUT2D eigenvalue weighted by Crippen LogP contribution is 2.29. The number of halogens is 3. The minimum atomic E-state index is -4.54. The molecular formula is C21H21F3N6O2. The molecule has 3 atom stereocenters. The lowest BCUT2D eigenvalue weighted by Gasteiger charge is -2.15. The third-order valence-electron chi connectivity index (χ3n) is 5.47. The molecule has 3 aromatic heterocycles. The summed E-state index contributed by atoms with van der Waals surface area (Å²) in [4.78, 5) is 24.5. The molecular weight excluding hydrogens is 425 g/mol. The van der Waals surface area contributed by atoms with Crippen LogP contribution in [0, 0.1) is 5.92 Å². The zero-order chi connectivity index (χ0) is 22.9. The highest BCUT2D eigenvalue weighted by molar-refractivity contribution is 6.10. The number of ketones is 1. The molecule has 32 heavy (non-hydrogen) atoms. The molecule has 1 aliphatic carbocycles. The second-order valence-electron chi connectivity index (χ2n) is 7.92. The number of hydrogen-bond donors (Lipinski definition) is 2. The summed E-state index contributed by atoms with van der Waals surface area (Å²) in [5.41, 5.74) is -0.279. The zero-order valence-electron chi connectivity index (χ0n) is 17.1. The molecule has 3 heterocycles. The molecule has 0 saturated heterocycles. The van der Waals surface area contributed by atoms with Crippen molar-refractivity contribution in [2.24, 2.45) is 5.92 Å². The predicted octanol–water partition coefficient (Wildman–Crippen LogP) is 2.94. The van der Waals surface area contributed by atoms with E-state index in [-0.39, 0.29) is 29.8 Å². The van der Waals surface area contributed by atoms with Gasteiger partial charge in [0.2, 0.25) is 5.78 Å². The van der Waals surface area contributed by atoms with E-state index in [4.69, 9.17) is 0 Å². The van der Waals surface area contributed by atoms with E-state index in [0.29, 0.717) is 17.8 Å². The van der Waals surface area contributed by atoms with Gasteiger partial charge in [-0.3, -0.25) is 14.5 Å². The maximum Gasteiger partial charge on any atom is 0.433 e. The van der Waals surface area contributed by atoms with Gasteiger partial charge < -0.3 is 10.4 Å². The summed E-state index contributed by atoms with van der Waals surface area (Å²) in [5.74, 6) is 0.0918. The maximum atomic E-state index is 13.0. The Morgan fingerprint density at radius 1 is 1.28 bits per heavy atom. The summed E-state index contributed by atoms with van der Waals surface area (Å²) in [7, 11) is 0. The number of aromatic nitrogens is 5. The second kappa shape index (κ2) is 8.65. The molecule has 168 valence electrons. The molecule has 0 spiro atoms. The first-order valence-electron chi connectivity index (χ1n) is 10.1. The number of anilines is 1. The summed E-state index contributed by atoms with van der Waals surface area (Å²) < 4.78 is 40.0. The SMILES string of the molecule is C[C@@H]1C[C@@H](Nc2ncncc2C(=O)c2ccn(Cc3ccnc(C(F)(F)F)c3)n2)C[C@@H]1O. The van der Waals surface area contributed by atoms with Crippen molar-refractivity contribution in [3.05, 3.63) is 65.6 Å². The van der Waals surface area contributed by atoms with E-state index in [9.17, 15) is 23.1 Å². The Kier molecular flexibility index (Phi) is 5.92. The molecule has 0 radical (unpaired) electrons. The summed E-state index contributed by atoms with van der Waals surface area (Å²) in [6.07, 6.45) is 1.69. The molecule has 1 saturated carbocycles. The lowest BCUT2D eigenvalue weighted by Crippen LogP contribution is -2.20. The van der Waals surface area contributed by atoms with Gasteiger partial charge in [-0.25, -0.2) is 9.97 Å². The number of hydrogen-bond acceptors (Lipinski definition) is 7. The largest absolute Gasteiger partial charge is 0.433 e. The van der Waals surface area contributed by atoms with Crippen LogP contribution in [0.3, 0.4) is 0 Å². The number of carbonyl (C=O) groups excluding carboxylic acids is 1. The van der Waals surface area contributed by atoms with E-state index in [1.165, 1.54) is 35.5 Å². The number of aliphatic hydroxyl groups is 1. The topological polar surface area (TPSA) is 106 Å². The van der Waals surface area contributed by atoms with Crippen LogP contribution in [-0.2, 0) is 12.7 Å². The fourth-order valence-corrected chi connectivity index (χ4v) is 3.77. The van der Waals surface area contributed by atoms with Crippen molar-refractivity contribution < 1.29 is 23.1 Å². The average molecular weight is 446 g/mol. The van der Waals surface area contributed by atoms with E-state index >= 15 is 0 Å². The van der Waals surface area contributed by atoms with Crippen molar-refractivity contribution in [3.63, 3.8) is 0 Å². The minimum Gasteiger partial charge on any atom is -0.393 e. The van der Waals surface area contributed by atoms with Crippen LogP contribution in [0.1, 0.15) is 47.1 Å². The van der Waals surface area contributed by atoms with Gasteiger partial charge in [0.1, 0.15) is 23.5 Å². The number of rotatable bonds is 6. The van der Waals surface area contributed by atoms with Crippen LogP contribution in [0.5, 0.6) is 0 Å². The number of alkyl halides is 3. The monoisotopic (exact) mass is 446 g/mol. The fourth-order valence-electron chi connectivity index (χ4n) is 3.77. The van der Waals surface area contributed by atoms with Crippen LogP contribution in [0.15, 0.2) is 43.1 Å². The number of nitrogens with one attached hydrogen (secondary N) is 1. The molecule has 0 amide bonds. The smallest absolute Gasteiger partial charge is 0.393 e. The lowest BCUT2D eigenvalue weighted by atomic mass is 10.1. The van der Waals surface area contributed by atoms with E-state index in [1.54, 1.807) is 0 Å². The highest BCUT2D eigenvalue weighted by Gasteiger charge is 2.33. The molecule has 1 aliphatic rings. The van der Waals surface area contributed by atoms with E-state index in [2.05, 4.69) is 25.4 Å². The van der Waals surface area contributed by atoms with Crippen molar-refractivity contribution in [2.45, 2.75) is 44.6 Å². The van der Waals surface area contributed by atoms with Crippen LogP contribution < -0.4 is 5.32 Å². The Morgan fingerprint density at radius 3 is 2.81 bits per heavy atom. The van der Waals surface area contributed by atoms with Gasteiger partial charge in [-0.15, -0.1) is 0 Å². The fraction of sp³-hybridized carbons (Fsp3) is 0.381. The quantitative estimate of drug-likeness (QED) is 0.561. The van der Waals surface area contributed by atoms with Gasteiger partial charge in [0.15, 0.2) is 0 Å². The Labute approximate surface area is 181 Å². The minimum absolute atomic E-state index is 0.0199. The van der Waals surface area contributed by atoms with Crippen molar-refractivity contribution in [2.75, 3.05) is 5.32 Å². The molecule has 11 heteroatoms.